The quantitative estimate of drug-likeness (QED) is 0.813. The molecule has 5 heteroatoms. The zero-order valence-electron chi connectivity index (χ0n) is 8.88. The van der Waals surface area contributed by atoms with Crippen molar-refractivity contribution in [1.82, 2.24) is 0 Å². The van der Waals surface area contributed by atoms with Crippen molar-refractivity contribution in [2.75, 3.05) is 19.0 Å². The SMILES string of the molecule is COCC(=O)Nc1oc(C)c(C)c1C#N. The van der Waals surface area contributed by atoms with Crippen LogP contribution < -0.4 is 5.32 Å². The Morgan fingerprint density at radius 2 is 2.27 bits per heavy atom. The van der Waals surface area contributed by atoms with Gasteiger partial charge >= 0.3 is 0 Å². The molecule has 1 aromatic rings. The van der Waals surface area contributed by atoms with Crippen molar-refractivity contribution >= 4 is 11.8 Å². The van der Waals surface area contributed by atoms with Crippen molar-refractivity contribution in [2.45, 2.75) is 13.8 Å². The van der Waals surface area contributed by atoms with Gasteiger partial charge in [-0.25, -0.2) is 0 Å². The minimum atomic E-state index is -0.345. The molecule has 1 heterocycles. The van der Waals surface area contributed by atoms with Gasteiger partial charge in [0.25, 0.3) is 5.91 Å². The van der Waals surface area contributed by atoms with Crippen molar-refractivity contribution in [2.24, 2.45) is 0 Å². The molecule has 0 unspecified atom stereocenters. The lowest BCUT2D eigenvalue weighted by Gasteiger charge is -2.00. The first-order valence-corrected chi connectivity index (χ1v) is 4.39. The zero-order chi connectivity index (χ0) is 11.4. The van der Waals surface area contributed by atoms with Crippen molar-refractivity contribution in [3.05, 3.63) is 16.9 Å². The van der Waals surface area contributed by atoms with Gasteiger partial charge in [0.05, 0.1) is 0 Å². The fourth-order valence-electron chi connectivity index (χ4n) is 1.14. The van der Waals surface area contributed by atoms with E-state index >= 15 is 0 Å². The van der Waals surface area contributed by atoms with E-state index in [1.165, 1.54) is 7.11 Å². The van der Waals surface area contributed by atoms with Crippen LogP contribution in [0, 0.1) is 25.2 Å². The van der Waals surface area contributed by atoms with E-state index in [9.17, 15) is 4.79 Å². The van der Waals surface area contributed by atoms with E-state index in [1.807, 2.05) is 6.07 Å². The second-order valence-electron chi connectivity index (χ2n) is 3.08. The van der Waals surface area contributed by atoms with Crippen LogP contribution in [0.15, 0.2) is 4.42 Å². The van der Waals surface area contributed by atoms with Crippen LogP contribution in [-0.2, 0) is 9.53 Å². The number of hydrogen-bond donors (Lipinski definition) is 1. The number of carbonyl (C=O) groups excluding carboxylic acids is 1. The summed E-state index contributed by atoms with van der Waals surface area (Å²) in [4.78, 5) is 11.2. The monoisotopic (exact) mass is 208 g/mol. The molecule has 15 heavy (non-hydrogen) atoms. The number of carbonyl (C=O) groups is 1. The molecular formula is C10H12N2O3. The lowest BCUT2D eigenvalue weighted by Crippen LogP contribution is -2.17. The van der Waals surface area contributed by atoms with Crippen molar-refractivity contribution in [3.63, 3.8) is 0 Å². The van der Waals surface area contributed by atoms with Crippen LogP contribution in [0.25, 0.3) is 0 Å². The van der Waals surface area contributed by atoms with Crippen LogP contribution in [0.1, 0.15) is 16.9 Å². The molecule has 0 aliphatic carbocycles. The first-order valence-electron chi connectivity index (χ1n) is 4.39. The molecule has 1 amide bonds. The van der Waals surface area contributed by atoms with Gasteiger partial charge in [0, 0.05) is 12.7 Å². The number of amides is 1. The van der Waals surface area contributed by atoms with Crippen LogP contribution in [-0.4, -0.2) is 19.6 Å². The number of hydrogen-bond acceptors (Lipinski definition) is 4. The number of nitrogens with zero attached hydrogens (tertiary/aromatic N) is 1. The van der Waals surface area contributed by atoms with E-state index in [0.29, 0.717) is 11.3 Å². The lowest BCUT2D eigenvalue weighted by molar-refractivity contribution is -0.119. The number of methoxy groups -OCH3 is 1. The summed E-state index contributed by atoms with van der Waals surface area (Å²) in [7, 11) is 1.42. The third-order valence-corrected chi connectivity index (χ3v) is 2.03. The molecule has 0 atom stereocenters. The molecule has 0 saturated heterocycles. The molecule has 0 bridgehead atoms. The largest absolute Gasteiger partial charge is 0.444 e. The van der Waals surface area contributed by atoms with Crippen LogP contribution >= 0.6 is 0 Å². The fourth-order valence-corrected chi connectivity index (χ4v) is 1.14. The van der Waals surface area contributed by atoms with Crippen molar-refractivity contribution in [1.29, 1.82) is 5.26 Å². The maximum Gasteiger partial charge on any atom is 0.252 e. The molecule has 0 fully saturated rings. The summed E-state index contributed by atoms with van der Waals surface area (Å²) in [6, 6.07) is 1.98. The van der Waals surface area contributed by atoms with Crippen molar-refractivity contribution < 1.29 is 13.9 Å². The van der Waals surface area contributed by atoms with E-state index in [0.717, 1.165) is 5.56 Å². The maximum absolute atomic E-state index is 11.2. The minimum absolute atomic E-state index is 0.0658. The van der Waals surface area contributed by atoms with Crippen LogP contribution in [0.2, 0.25) is 0 Å². The number of nitriles is 1. The Morgan fingerprint density at radius 3 is 2.80 bits per heavy atom. The number of nitrogens with one attached hydrogen (secondary N) is 1. The number of furan rings is 1. The molecule has 0 aromatic carbocycles. The standard InChI is InChI=1S/C10H12N2O3/c1-6-7(2)15-10(8(6)4-11)12-9(13)5-14-3/h5H2,1-3H3,(H,12,13). The van der Waals surface area contributed by atoms with E-state index in [4.69, 9.17) is 9.68 Å². The Balaban J connectivity index is 2.91. The summed E-state index contributed by atoms with van der Waals surface area (Å²) in [6.45, 7) is 3.44. The lowest BCUT2D eigenvalue weighted by atomic mass is 10.2. The van der Waals surface area contributed by atoms with Crippen molar-refractivity contribution in [3.8, 4) is 6.07 Å². The third-order valence-electron chi connectivity index (χ3n) is 2.03. The Kier molecular flexibility index (Phi) is 3.47. The summed E-state index contributed by atoms with van der Waals surface area (Å²) in [6.07, 6.45) is 0. The molecule has 0 spiro atoms. The van der Waals surface area contributed by atoms with Gasteiger partial charge in [-0.15, -0.1) is 0 Å². The molecular weight excluding hydrogens is 196 g/mol. The summed E-state index contributed by atoms with van der Waals surface area (Å²) in [5.74, 6) is 0.469. The highest BCUT2D eigenvalue weighted by molar-refractivity contribution is 5.91. The molecule has 0 radical (unpaired) electrons. The first kappa shape index (κ1) is 11.3. The predicted octanol–water partition coefficient (Wildman–Crippen LogP) is 1.35. The molecule has 5 nitrogen and oxygen atoms in total. The molecule has 0 aliphatic rings. The van der Waals surface area contributed by atoms with Gasteiger partial charge in [-0.05, 0) is 13.8 Å². The average Bonchev–Trinajstić information content (AvgIpc) is 2.42. The minimum Gasteiger partial charge on any atom is -0.444 e. The summed E-state index contributed by atoms with van der Waals surface area (Å²) in [5.41, 5.74) is 1.10. The molecule has 0 aliphatic heterocycles. The molecule has 0 saturated carbocycles. The topological polar surface area (TPSA) is 75.3 Å². The Labute approximate surface area is 87.6 Å². The summed E-state index contributed by atoms with van der Waals surface area (Å²) in [5, 5.41) is 11.3. The number of aryl methyl sites for hydroxylation is 1. The first-order chi connectivity index (χ1) is 7.10. The van der Waals surface area contributed by atoms with E-state index < -0.39 is 0 Å². The number of anilines is 1. The Morgan fingerprint density at radius 1 is 1.60 bits per heavy atom. The third kappa shape index (κ3) is 2.36. The molecule has 80 valence electrons. The number of rotatable bonds is 3. The highest BCUT2D eigenvalue weighted by Gasteiger charge is 2.16. The summed E-state index contributed by atoms with van der Waals surface area (Å²) >= 11 is 0. The van der Waals surface area contributed by atoms with Gasteiger partial charge in [-0.3, -0.25) is 10.1 Å². The maximum atomic E-state index is 11.2. The zero-order valence-corrected chi connectivity index (χ0v) is 8.88. The molecule has 1 rings (SSSR count). The van der Waals surface area contributed by atoms with Gasteiger partial charge in [0.15, 0.2) is 0 Å². The highest BCUT2D eigenvalue weighted by atomic mass is 16.5. The number of ether oxygens (including phenoxy) is 1. The predicted molar refractivity (Wildman–Crippen MR) is 53.4 cm³/mol. The fraction of sp³-hybridized carbons (Fsp3) is 0.400. The van der Waals surface area contributed by atoms with E-state index in [1.54, 1.807) is 13.8 Å². The van der Waals surface area contributed by atoms with E-state index in [-0.39, 0.29) is 18.4 Å². The Hall–Kier alpha value is -1.80. The molecule has 1 N–H and O–H groups in total. The van der Waals surface area contributed by atoms with Crippen LogP contribution in [0.4, 0.5) is 5.88 Å². The van der Waals surface area contributed by atoms with Gasteiger partial charge in [-0.1, -0.05) is 0 Å². The smallest absolute Gasteiger partial charge is 0.252 e. The van der Waals surface area contributed by atoms with Crippen LogP contribution in [0.3, 0.4) is 0 Å². The van der Waals surface area contributed by atoms with Gasteiger partial charge in [0.2, 0.25) is 5.88 Å². The van der Waals surface area contributed by atoms with Gasteiger partial charge in [-0.2, -0.15) is 5.26 Å². The van der Waals surface area contributed by atoms with Crippen LogP contribution in [0.5, 0.6) is 0 Å². The Bertz CT molecular complexity index is 415. The molecule has 1 aromatic heterocycles. The highest BCUT2D eigenvalue weighted by Crippen LogP contribution is 2.24. The summed E-state index contributed by atoms with van der Waals surface area (Å²) < 4.78 is 9.89. The second-order valence-corrected chi connectivity index (χ2v) is 3.08. The van der Waals surface area contributed by atoms with E-state index in [2.05, 4.69) is 10.1 Å². The normalized spacial score (nSPS) is 9.73. The second kappa shape index (κ2) is 4.62. The average molecular weight is 208 g/mol. The van der Waals surface area contributed by atoms with Gasteiger partial charge < -0.3 is 9.15 Å². The van der Waals surface area contributed by atoms with Gasteiger partial charge in [0.1, 0.15) is 24.0 Å².